The van der Waals surface area contributed by atoms with Crippen LogP contribution in [0.25, 0.3) is 5.69 Å². The molecular weight excluding hydrogens is 418 g/mol. The Bertz CT molecular complexity index is 1240. The summed E-state index contributed by atoms with van der Waals surface area (Å²) in [4.78, 5) is 38.0. The van der Waals surface area contributed by atoms with Crippen molar-refractivity contribution in [1.29, 1.82) is 0 Å². The SMILES string of the molecule is Cc1ccc(C(=O)NC2CC2)cc1-n1ncc(C(=O)c2cccc(C(=O)NC(C)C)c2)c1N. The number of ketones is 1. The van der Waals surface area contributed by atoms with Gasteiger partial charge in [0.25, 0.3) is 11.8 Å². The molecule has 0 spiro atoms. The summed E-state index contributed by atoms with van der Waals surface area (Å²) < 4.78 is 1.46. The number of carbonyl (C=O) groups is 3. The molecule has 0 radical (unpaired) electrons. The highest BCUT2D eigenvalue weighted by Crippen LogP contribution is 2.25. The number of nitrogens with zero attached hydrogens (tertiary/aromatic N) is 2. The molecule has 4 rings (SSSR count). The third-order valence-electron chi connectivity index (χ3n) is 5.47. The van der Waals surface area contributed by atoms with Gasteiger partial charge in [-0.2, -0.15) is 5.10 Å². The fourth-order valence-corrected chi connectivity index (χ4v) is 3.50. The Hall–Kier alpha value is -3.94. The molecule has 170 valence electrons. The highest BCUT2D eigenvalue weighted by molar-refractivity contribution is 6.12. The summed E-state index contributed by atoms with van der Waals surface area (Å²) in [6.07, 6.45) is 3.42. The molecule has 0 atom stereocenters. The molecule has 1 aromatic heterocycles. The first-order valence-corrected chi connectivity index (χ1v) is 11.0. The van der Waals surface area contributed by atoms with Crippen LogP contribution in [0.2, 0.25) is 0 Å². The van der Waals surface area contributed by atoms with Gasteiger partial charge in [0.15, 0.2) is 5.78 Å². The number of benzene rings is 2. The molecule has 8 heteroatoms. The van der Waals surface area contributed by atoms with Crippen molar-refractivity contribution >= 4 is 23.4 Å². The molecule has 1 aliphatic carbocycles. The van der Waals surface area contributed by atoms with E-state index in [9.17, 15) is 14.4 Å². The van der Waals surface area contributed by atoms with E-state index in [4.69, 9.17) is 5.73 Å². The maximum Gasteiger partial charge on any atom is 0.251 e. The highest BCUT2D eigenvalue weighted by Gasteiger charge is 2.25. The average molecular weight is 446 g/mol. The van der Waals surface area contributed by atoms with Gasteiger partial charge in [-0.25, -0.2) is 4.68 Å². The van der Waals surface area contributed by atoms with E-state index in [2.05, 4.69) is 15.7 Å². The van der Waals surface area contributed by atoms with Crippen molar-refractivity contribution in [3.8, 4) is 5.69 Å². The largest absolute Gasteiger partial charge is 0.383 e. The minimum atomic E-state index is -0.335. The topological polar surface area (TPSA) is 119 Å². The van der Waals surface area contributed by atoms with Crippen LogP contribution in [0.5, 0.6) is 0 Å². The molecule has 0 unspecified atom stereocenters. The van der Waals surface area contributed by atoms with Crippen LogP contribution in [0, 0.1) is 6.92 Å². The standard InChI is InChI=1S/C25H27N5O3/c1-14(2)28-24(32)17-6-4-5-16(11-17)22(31)20-13-27-30(23(20)26)21-12-18(8-7-15(21)3)25(33)29-19-9-10-19/h4-8,11-14,19H,9-10,26H2,1-3H3,(H,28,32)(H,29,33). The second-order valence-corrected chi connectivity index (χ2v) is 8.64. The molecular formula is C25H27N5O3. The smallest absolute Gasteiger partial charge is 0.251 e. The van der Waals surface area contributed by atoms with Crippen LogP contribution in [0.3, 0.4) is 0 Å². The lowest BCUT2D eigenvalue weighted by molar-refractivity contribution is 0.0937. The molecule has 1 saturated carbocycles. The minimum Gasteiger partial charge on any atom is -0.383 e. The maximum atomic E-state index is 13.2. The first-order valence-electron chi connectivity index (χ1n) is 11.0. The number of nitrogens with one attached hydrogen (secondary N) is 2. The second-order valence-electron chi connectivity index (χ2n) is 8.64. The van der Waals surface area contributed by atoms with Crippen molar-refractivity contribution in [2.24, 2.45) is 0 Å². The van der Waals surface area contributed by atoms with Gasteiger partial charge >= 0.3 is 0 Å². The molecule has 0 saturated heterocycles. The lowest BCUT2D eigenvalue weighted by atomic mass is 10.0. The van der Waals surface area contributed by atoms with Crippen molar-refractivity contribution in [3.63, 3.8) is 0 Å². The normalized spacial score (nSPS) is 13.1. The zero-order chi connectivity index (χ0) is 23.7. The van der Waals surface area contributed by atoms with Crippen molar-refractivity contribution in [2.45, 2.75) is 45.7 Å². The Morgan fingerprint density at radius 1 is 1.03 bits per heavy atom. The molecule has 1 fully saturated rings. The molecule has 0 bridgehead atoms. The van der Waals surface area contributed by atoms with E-state index in [1.807, 2.05) is 26.8 Å². The van der Waals surface area contributed by atoms with Crippen LogP contribution >= 0.6 is 0 Å². The second kappa shape index (κ2) is 8.90. The summed E-state index contributed by atoms with van der Waals surface area (Å²) in [6.45, 7) is 5.63. The van der Waals surface area contributed by atoms with Gasteiger partial charge in [-0.1, -0.05) is 18.2 Å². The Balaban J connectivity index is 1.63. The van der Waals surface area contributed by atoms with E-state index in [1.165, 1.54) is 10.9 Å². The molecule has 3 aromatic rings. The predicted octanol–water partition coefficient (Wildman–Crippen LogP) is 3.02. The Kier molecular flexibility index (Phi) is 6.00. The number of carbonyl (C=O) groups excluding carboxylic acids is 3. The number of aryl methyl sites for hydroxylation is 1. The van der Waals surface area contributed by atoms with E-state index < -0.39 is 0 Å². The van der Waals surface area contributed by atoms with Crippen LogP contribution in [-0.4, -0.2) is 39.5 Å². The molecule has 1 aliphatic rings. The van der Waals surface area contributed by atoms with Crippen LogP contribution in [0.4, 0.5) is 5.82 Å². The molecule has 1 heterocycles. The number of hydrogen-bond acceptors (Lipinski definition) is 5. The summed E-state index contributed by atoms with van der Waals surface area (Å²) in [7, 11) is 0. The van der Waals surface area contributed by atoms with E-state index in [0.717, 1.165) is 18.4 Å². The van der Waals surface area contributed by atoms with Gasteiger partial charge in [-0.3, -0.25) is 14.4 Å². The van der Waals surface area contributed by atoms with Gasteiger partial charge in [-0.05, 0) is 63.4 Å². The number of aromatic nitrogens is 2. The number of rotatable bonds is 7. The third-order valence-corrected chi connectivity index (χ3v) is 5.47. The number of hydrogen-bond donors (Lipinski definition) is 3. The minimum absolute atomic E-state index is 0.0175. The number of nitrogen functional groups attached to an aromatic ring is 1. The van der Waals surface area contributed by atoms with E-state index in [-0.39, 0.29) is 41.1 Å². The molecule has 0 aliphatic heterocycles. The Morgan fingerprint density at radius 3 is 2.42 bits per heavy atom. The fraction of sp³-hybridized carbons (Fsp3) is 0.280. The monoisotopic (exact) mass is 445 g/mol. The van der Waals surface area contributed by atoms with Crippen LogP contribution in [0.15, 0.2) is 48.7 Å². The van der Waals surface area contributed by atoms with Crippen molar-refractivity contribution < 1.29 is 14.4 Å². The van der Waals surface area contributed by atoms with Gasteiger partial charge in [0, 0.05) is 28.8 Å². The summed E-state index contributed by atoms with van der Waals surface area (Å²) in [5, 5.41) is 10.1. The lowest BCUT2D eigenvalue weighted by Crippen LogP contribution is -2.30. The first-order chi connectivity index (χ1) is 15.7. The summed E-state index contributed by atoms with van der Waals surface area (Å²) in [5.74, 6) is -0.560. The van der Waals surface area contributed by atoms with Crippen molar-refractivity contribution in [2.75, 3.05) is 5.73 Å². The molecule has 2 amide bonds. The van der Waals surface area contributed by atoms with Crippen LogP contribution < -0.4 is 16.4 Å². The zero-order valence-corrected chi connectivity index (χ0v) is 18.9. The van der Waals surface area contributed by atoms with Gasteiger partial charge in [-0.15, -0.1) is 0 Å². The molecule has 33 heavy (non-hydrogen) atoms. The van der Waals surface area contributed by atoms with Gasteiger partial charge < -0.3 is 16.4 Å². The van der Waals surface area contributed by atoms with E-state index in [0.29, 0.717) is 22.4 Å². The average Bonchev–Trinajstić information content (AvgIpc) is 3.52. The maximum absolute atomic E-state index is 13.2. The Labute approximate surface area is 192 Å². The van der Waals surface area contributed by atoms with Gasteiger partial charge in [0.1, 0.15) is 5.82 Å². The zero-order valence-electron chi connectivity index (χ0n) is 18.9. The molecule has 8 nitrogen and oxygen atoms in total. The van der Waals surface area contributed by atoms with E-state index in [1.54, 1.807) is 36.4 Å². The number of nitrogens with two attached hydrogens (primary N) is 1. The fourth-order valence-electron chi connectivity index (χ4n) is 3.50. The van der Waals surface area contributed by atoms with Gasteiger partial charge in [0.2, 0.25) is 0 Å². The van der Waals surface area contributed by atoms with Crippen molar-refractivity contribution in [1.82, 2.24) is 20.4 Å². The van der Waals surface area contributed by atoms with Crippen LogP contribution in [0.1, 0.15) is 68.9 Å². The van der Waals surface area contributed by atoms with Crippen LogP contribution in [-0.2, 0) is 0 Å². The Morgan fingerprint density at radius 2 is 1.73 bits per heavy atom. The van der Waals surface area contributed by atoms with Crippen molar-refractivity contribution in [3.05, 3.63) is 76.5 Å². The molecule has 2 aromatic carbocycles. The lowest BCUT2D eigenvalue weighted by Gasteiger charge is -2.11. The van der Waals surface area contributed by atoms with E-state index >= 15 is 0 Å². The summed E-state index contributed by atoms with van der Waals surface area (Å²) in [5.41, 5.74) is 9.28. The number of amides is 2. The first kappa shape index (κ1) is 22.3. The number of anilines is 1. The summed E-state index contributed by atoms with van der Waals surface area (Å²) >= 11 is 0. The summed E-state index contributed by atoms with van der Waals surface area (Å²) in [6, 6.07) is 12.0. The molecule has 4 N–H and O–H groups in total. The predicted molar refractivity (Wildman–Crippen MR) is 126 cm³/mol. The highest BCUT2D eigenvalue weighted by atomic mass is 16.2. The third kappa shape index (κ3) is 4.79. The van der Waals surface area contributed by atoms with Gasteiger partial charge in [0.05, 0.1) is 17.4 Å². The quantitative estimate of drug-likeness (QED) is 0.483.